The molecule has 23 heavy (non-hydrogen) atoms. The minimum Gasteiger partial charge on any atom is -0.466 e. The zero-order chi connectivity index (χ0) is 16.9. The smallest absolute Gasteiger partial charge is 0.313 e. The molecule has 1 aromatic rings. The second-order valence-electron chi connectivity index (χ2n) is 5.66. The molecule has 0 radical (unpaired) electrons. The highest BCUT2D eigenvalue weighted by molar-refractivity contribution is 5.78. The Morgan fingerprint density at radius 1 is 1.48 bits per heavy atom. The Bertz CT molecular complexity index is 645. The van der Waals surface area contributed by atoms with Crippen LogP contribution in [0, 0.1) is 26.9 Å². The number of rotatable bonds is 6. The molecule has 1 aliphatic carbocycles. The number of hydrogen-bond acceptors (Lipinski definition) is 6. The third-order valence-corrected chi connectivity index (χ3v) is 4.21. The fraction of sp³-hybridized carbons (Fsp3) is 0.500. The molecule has 1 aromatic carbocycles. The molecule has 122 valence electrons. The fourth-order valence-corrected chi connectivity index (χ4v) is 2.96. The molecule has 7 nitrogen and oxygen atoms in total. The van der Waals surface area contributed by atoms with Gasteiger partial charge in [0.15, 0.2) is 0 Å². The molecule has 7 heteroatoms. The molecule has 0 amide bonds. The molecular weight excluding hydrogens is 298 g/mol. The van der Waals surface area contributed by atoms with Crippen molar-refractivity contribution in [3.05, 3.63) is 33.9 Å². The van der Waals surface area contributed by atoms with Gasteiger partial charge in [0.2, 0.25) is 0 Å². The average Bonchev–Trinajstić information content (AvgIpc) is 3.03. The first-order valence-corrected chi connectivity index (χ1v) is 7.62. The van der Waals surface area contributed by atoms with Crippen molar-refractivity contribution in [1.29, 1.82) is 5.26 Å². The molecule has 2 rings (SSSR count). The predicted molar refractivity (Wildman–Crippen MR) is 83.8 cm³/mol. The number of anilines is 1. The van der Waals surface area contributed by atoms with E-state index in [2.05, 4.69) is 5.32 Å². The number of nitrogens with one attached hydrogen (secondary N) is 1. The summed E-state index contributed by atoms with van der Waals surface area (Å²) in [5.41, 5.74) is -0.258. The van der Waals surface area contributed by atoms with Crippen LogP contribution in [0.5, 0.6) is 0 Å². The van der Waals surface area contributed by atoms with Crippen LogP contribution in [0.1, 0.15) is 38.2 Å². The van der Waals surface area contributed by atoms with E-state index in [-0.39, 0.29) is 17.2 Å². The lowest BCUT2D eigenvalue weighted by molar-refractivity contribution is -0.384. The Morgan fingerprint density at radius 2 is 2.17 bits per heavy atom. The molecule has 0 unspecified atom stereocenters. The SMILES string of the molecule is CCOC(=O)C1(CNc2ccc(C#N)cc2[N+](=O)[O-])CCCC1. The van der Waals surface area contributed by atoms with Crippen LogP contribution in [0.2, 0.25) is 0 Å². The number of nitro groups is 1. The van der Waals surface area contributed by atoms with Gasteiger partial charge in [-0.25, -0.2) is 0 Å². The monoisotopic (exact) mass is 317 g/mol. The van der Waals surface area contributed by atoms with Gasteiger partial charge in [-0.3, -0.25) is 14.9 Å². The summed E-state index contributed by atoms with van der Waals surface area (Å²) in [4.78, 5) is 22.9. The van der Waals surface area contributed by atoms with Crippen LogP contribution in [0.3, 0.4) is 0 Å². The number of hydrogen-bond donors (Lipinski definition) is 1. The van der Waals surface area contributed by atoms with Crippen molar-refractivity contribution in [3.63, 3.8) is 0 Å². The van der Waals surface area contributed by atoms with E-state index in [4.69, 9.17) is 10.00 Å². The van der Waals surface area contributed by atoms with E-state index >= 15 is 0 Å². The molecule has 0 heterocycles. The standard InChI is InChI=1S/C16H19N3O4/c1-2-23-15(20)16(7-3-4-8-16)11-18-13-6-5-12(10-17)9-14(13)19(21)22/h5-6,9,18H,2-4,7-8,11H2,1H3. The minimum absolute atomic E-state index is 0.166. The Kier molecular flexibility index (Phi) is 5.16. The number of nitrogens with zero attached hydrogens (tertiary/aromatic N) is 2. The normalized spacial score (nSPS) is 15.7. The summed E-state index contributed by atoms with van der Waals surface area (Å²) in [5.74, 6) is -0.249. The minimum atomic E-state index is -0.627. The van der Waals surface area contributed by atoms with Crippen molar-refractivity contribution in [3.8, 4) is 6.07 Å². The molecule has 1 saturated carbocycles. The number of nitriles is 1. The fourth-order valence-electron chi connectivity index (χ4n) is 2.96. The third-order valence-electron chi connectivity index (χ3n) is 4.21. The third kappa shape index (κ3) is 3.59. The molecule has 1 fully saturated rings. The van der Waals surface area contributed by atoms with Gasteiger partial charge in [-0.2, -0.15) is 5.26 Å². The number of carbonyl (C=O) groups is 1. The maximum absolute atomic E-state index is 12.3. The highest BCUT2D eigenvalue weighted by Gasteiger charge is 2.42. The second-order valence-corrected chi connectivity index (χ2v) is 5.66. The summed E-state index contributed by atoms with van der Waals surface area (Å²) in [6.07, 6.45) is 3.30. The average molecular weight is 317 g/mol. The number of esters is 1. The Hall–Kier alpha value is -2.62. The summed E-state index contributed by atoms with van der Waals surface area (Å²) < 4.78 is 5.18. The van der Waals surface area contributed by atoms with Crippen LogP contribution in [0.15, 0.2) is 18.2 Å². The maximum Gasteiger partial charge on any atom is 0.313 e. The molecule has 0 aliphatic heterocycles. The number of ether oxygens (including phenoxy) is 1. The molecule has 0 atom stereocenters. The largest absolute Gasteiger partial charge is 0.466 e. The number of benzene rings is 1. The van der Waals surface area contributed by atoms with E-state index < -0.39 is 10.3 Å². The van der Waals surface area contributed by atoms with Crippen molar-refractivity contribution >= 4 is 17.3 Å². The van der Waals surface area contributed by atoms with E-state index in [1.54, 1.807) is 6.92 Å². The first kappa shape index (κ1) is 16.7. The van der Waals surface area contributed by atoms with E-state index in [9.17, 15) is 14.9 Å². The van der Waals surface area contributed by atoms with Crippen LogP contribution in [-0.2, 0) is 9.53 Å². The van der Waals surface area contributed by atoms with E-state index in [0.29, 0.717) is 31.7 Å². The predicted octanol–water partition coefficient (Wildman–Crippen LogP) is 3.00. The first-order chi connectivity index (χ1) is 11.0. The van der Waals surface area contributed by atoms with Crippen LogP contribution in [0.4, 0.5) is 11.4 Å². The van der Waals surface area contributed by atoms with E-state index in [1.807, 2.05) is 6.07 Å². The van der Waals surface area contributed by atoms with E-state index in [1.165, 1.54) is 18.2 Å². The van der Waals surface area contributed by atoms with Gasteiger partial charge in [0.05, 0.1) is 28.6 Å². The Labute approximate surface area is 134 Å². The topological polar surface area (TPSA) is 105 Å². The van der Waals surface area contributed by atoms with Gasteiger partial charge in [-0.05, 0) is 31.9 Å². The lowest BCUT2D eigenvalue weighted by atomic mass is 9.86. The second kappa shape index (κ2) is 7.09. The molecule has 0 saturated heterocycles. The van der Waals surface area contributed by atoms with Gasteiger partial charge >= 0.3 is 5.97 Å². The quantitative estimate of drug-likeness (QED) is 0.491. The molecule has 1 aliphatic rings. The van der Waals surface area contributed by atoms with Crippen LogP contribution >= 0.6 is 0 Å². The van der Waals surface area contributed by atoms with Crippen molar-refractivity contribution < 1.29 is 14.5 Å². The van der Waals surface area contributed by atoms with Gasteiger partial charge in [-0.1, -0.05) is 12.8 Å². The summed E-state index contributed by atoms with van der Waals surface area (Å²) in [7, 11) is 0. The van der Waals surface area contributed by atoms with Gasteiger partial charge < -0.3 is 10.1 Å². The van der Waals surface area contributed by atoms with Crippen molar-refractivity contribution in [2.45, 2.75) is 32.6 Å². The Morgan fingerprint density at radius 3 is 2.74 bits per heavy atom. The molecule has 0 aromatic heterocycles. The first-order valence-electron chi connectivity index (χ1n) is 7.62. The number of carbonyl (C=O) groups excluding carboxylic acids is 1. The maximum atomic E-state index is 12.3. The highest BCUT2D eigenvalue weighted by atomic mass is 16.6. The van der Waals surface area contributed by atoms with Crippen molar-refractivity contribution in [2.75, 3.05) is 18.5 Å². The summed E-state index contributed by atoms with van der Waals surface area (Å²) in [6, 6.07) is 6.13. The van der Waals surface area contributed by atoms with Crippen molar-refractivity contribution in [1.82, 2.24) is 0 Å². The van der Waals surface area contributed by atoms with Gasteiger partial charge in [-0.15, -0.1) is 0 Å². The van der Waals surface area contributed by atoms with Gasteiger partial charge in [0.25, 0.3) is 5.69 Å². The molecule has 1 N–H and O–H groups in total. The van der Waals surface area contributed by atoms with Crippen LogP contribution < -0.4 is 5.32 Å². The lowest BCUT2D eigenvalue weighted by Gasteiger charge is -2.27. The van der Waals surface area contributed by atoms with Gasteiger partial charge in [0, 0.05) is 12.6 Å². The van der Waals surface area contributed by atoms with Crippen LogP contribution in [-0.4, -0.2) is 24.0 Å². The summed E-state index contributed by atoms with van der Waals surface area (Å²) >= 11 is 0. The molecule has 0 bridgehead atoms. The van der Waals surface area contributed by atoms with Crippen LogP contribution in [0.25, 0.3) is 0 Å². The lowest BCUT2D eigenvalue weighted by Crippen LogP contribution is -2.37. The number of nitro benzene ring substituents is 1. The zero-order valence-corrected chi connectivity index (χ0v) is 13.0. The van der Waals surface area contributed by atoms with Gasteiger partial charge in [0.1, 0.15) is 5.69 Å². The van der Waals surface area contributed by atoms with Crippen molar-refractivity contribution in [2.24, 2.45) is 5.41 Å². The summed E-state index contributed by atoms with van der Waals surface area (Å²) in [6.45, 7) is 2.37. The highest BCUT2D eigenvalue weighted by Crippen LogP contribution is 2.40. The Balaban J connectivity index is 2.20. The summed E-state index contributed by atoms with van der Waals surface area (Å²) in [5, 5.41) is 23.0. The molecule has 0 spiro atoms. The molecular formula is C16H19N3O4. The zero-order valence-electron chi connectivity index (χ0n) is 13.0. The van der Waals surface area contributed by atoms with E-state index in [0.717, 1.165) is 12.8 Å².